The highest BCUT2D eigenvalue weighted by Crippen LogP contribution is 2.20. The molecule has 0 aliphatic rings. The molecule has 0 aliphatic carbocycles. The van der Waals surface area contributed by atoms with Gasteiger partial charge in [-0.15, -0.1) is 0 Å². The third kappa shape index (κ3) is 3.25. The SMILES string of the molecule is Cc1cc([Si](C)(C)O[Si](C)(C)c2cc(C)oc2C)c(C)o1. The molecule has 0 fully saturated rings. The van der Waals surface area contributed by atoms with Crippen LogP contribution in [0.3, 0.4) is 0 Å². The highest BCUT2D eigenvalue weighted by molar-refractivity contribution is 6.97. The summed E-state index contributed by atoms with van der Waals surface area (Å²) in [5, 5.41) is 2.52. The van der Waals surface area contributed by atoms with Crippen molar-refractivity contribution in [2.24, 2.45) is 0 Å². The predicted octanol–water partition coefficient (Wildman–Crippen LogP) is 3.65. The maximum absolute atomic E-state index is 6.74. The van der Waals surface area contributed by atoms with E-state index in [2.05, 4.69) is 38.3 Å². The van der Waals surface area contributed by atoms with Gasteiger partial charge in [-0.3, -0.25) is 0 Å². The summed E-state index contributed by atoms with van der Waals surface area (Å²) >= 11 is 0. The van der Waals surface area contributed by atoms with Crippen molar-refractivity contribution in [2.75, 3.05) is 0 Å². The average Bonchev–Trinajstić information content (AvgIpc) is 2.80. The maximum atomic E-state index is 6.74. The van der Waals surface area contributed by atoms with Crippen LogP contribution in [0.25, 0.3) is 0 Å². The molecule has 0 N–H and O–H groups in total. The van der Waals surface area contributed by atoms with Gasteiger partial charge in [0.2, 0.25) is 16.6 Å². The molecule has 0 bridgehead atoms. The number of hydrogen-bond donors (Lipinski definition) is 0. The van der Waals surface area contributed by atoms with Crippen molar-refractivity contribution in [3.8, 4) is 0 Å². The van der Waals surface area contributed by atoms with Crippen LogP contribution in [0.2, 0.25) is 26.2 Å². The Morgan fingerprint density at radius 3 is 1.29 bits per heavy atom. The lowest BCUT2D eigenvalue weighted by atomic mass is 10.4. The van der Waals surface area contributed by atoms with Gasteiger partial charge in [0.25, 0.3) is 0 Å². The van der Waals surface area contributed by atoms with Crippen LogP contribution in [0.1, 0.15) is 23.0 Å². The van der Waals surface area contributed by atoms with Crippen molar-refractivity contribution in [3.05, 3.63) is 35.2 Å². The summed E-state index contributed by atoms with van der Waals surface area (Å²) in [7, 11) is -4.02. The summed E-state index contributed by atoms with van der Waals surface area (Å²) in [6.45, 7) is 17.1. The van der Waals surface area contributed by atoms with Crippen LogP contribution in [0.4, 0.5) is 0 Å². The van der Waals surface area contributed by atoms with Crippen LogP contribution in [-0.2, 0) is 4.12 Å². The van der Waals surface area contributed by atoms with E-state index in [0.29, 0.717) is 0 Å². The monoisotopic (exact) mass is 322 g/mol. The smallest absolute Gasteiger partial charge is 0.209 e. The van der Waals surface area contributed by atoms with Crippen LogP contribution < -0.4 is 10.4 Å². The molecule has 0 radical (unpaired) electrons. The molecule has 0 aliphatic heterocycles. The van der Waals surface area contributed by atoms with Crippen molar-refractivity contribution in [2.45, 2.75) is 53.9 Å². The van der Waals surface area contributed by atoms with Gasteiger partial charge in [0.1, 0.15) is 23.0 Å². The maximum Gasteiger partial charge on any atom is 0.209 e. The number of furan rings is 2. The summed E-state index contributed by atoms with van der Waals surface area (Å²) in [5.74, 6) is 3.91. The lowest BCUT2D eigenvalue weighted by molar-refractivity contribution is 0.503. The number of aryl methyl sites for hydroxylation is 4. The molecule has 21 heavy (non-hydrogen) atoms. The van der Waals surface area contributed by atoms with Gasteiger partial charge in [0, 0.05) is 10.4 Å². The third-order valence-corrected chi connectivity index (χ3v) is 11.6. The van der Waals surface area contributed by atoms with Gasteiger partial charge < -0.3 is 12.9 Å². The Kier molecular flexibility index (Phi) is 4.12. The van der Waals surface area contributed by atoms with Gasteiger partial charge >= 0.3 is 0 Å². The first kappa shape index (κ1) is 16.3. The molecule has 2 rings (SSSR count). The Labute approximate surface area is 129 Å². The molecule has 0 amide bonds. The molecule has 0 atom stereocenters. The first-order valence-electron chi connectivity index (χ1n) is 7.38. The minimum Gasteiger partial charge on any atom is -0.467 e. The molecule has 0 saturated heterocycles. The molecule has 0 aromatic carbocycles. The van der Waals surface area contributed by atoms with Gasteiger partial charge in [-0.25, -0.2) is 0 Å². The van der Waals surface area contributed by atoms with E-state index in [1.54, 1.807) is 0 Å². The van der Waals surface area contributed by atoms with E-state index < -0.39 is 16.6 Å². The molecule has 2 aromatic heterocycles. The van der Waals surface area contributed by atoms with Crippen molar-refractivity contribution in [1.29, 1.82) is 0 Å². The van der Waals surface area contributed by atoms with Crippen LogP contribution in [0.15, 0.2) is 21.0 Å². The summed E-state index contributed by atoms with van der Waals surface area (Å²) in [5.41, 5.74) is 0. The minimum absolute atomic E-state index is 0.960. The lowest BCUT2D eigenvalue weighted by Gasteiger charge is -2.33. The largest absolute Gasteiger partial charge is 0.467 e. The molecule has 0 unspecified atom stereocenters. The topological polar surface area (TPSA) is 35.5 Å². The average molecular weight is 323 g/mol. The summed E-state index contributed by atoms with van der Waals surface area (Å²) < 4.78 is 18.1. The van der Waals surface area contributed by atoms with Crippen molar-refractivity contribution >= 4 is 27.0 Å². The fourth-order valence-electron chi connectivity index (χ4n) is 3.20. The molecule has 2 aromatic rings. The third-order valence-electron chi connectivity index (χ3n) is 3.89. The van der Waals surface area contributed by atoms with Crippen molar-refractivity contribution in [3.63, 3.8) is 0 Å². The van der Waals surface area contributed by atoms with Crippen LogP contribution in [0, 0.1) is 27.7 Å². The zero-order chi connectivity index (χ0) is 16.0. The highest BCUT2D eigenvalue weighted by Gasteiger charge is 2.39. The minimum atomic E-state index is -2.01. The Morgan fingerprint density at radius 2 is 1.05 bits per heavy atom. The van der Waals surface area contributed by atoms with Gasteiger partial charge in [0.05, 0.1) is 0 Å². The van der Waals surface area contributed by atoms with E-state index >= 15 is 0 Å². The second kappa shape index (κ2) is 5.30. The standard InChI is InChI=1S/C16H26O3Si2/c1-11-9-15(13(3)17-11)20(5,6)19-21(7,8)16-10-12(2)18-14(16)4/h9-10H,1-8H3. The van der Waals surface area contributed by atoms with Crippen molar-refractivity contribution in [1.82, 2.24) is 0 Å². The quantitative estimate of drug-likeness (QED) is 0.806. The molecule has 5 heteroatoms. The van der Waals surface area contributed by atoms with E-state index in [0.717, 1.165) is 23.0 Å². The van der Waals surface area contributed by atoms with Crippen LogP contribution in [-0.4, -0.2) is 16.6 Å². The first-order chi connectivity index (χ1) is 9.53. The Hall–Kier alpha value is -1.05. The van der Waals surface area contributed by atoms with Gasteiger partial charge in [-0.05, 0) is 66.0 Å². The second-order valence-electron chi connectivity index (χ2n) is 6.78. The molecular weight excluding hydrogens is 296 g/mol. The van der Waals surface area contributed by atoms with Gasteiger partial charge in [0.15, 0.2) is 0 Å². The zero-order valence-electron chi connectivity index (χ0n) is 14.4. The Morgan fingerprint density at radius 1 is 0.714 bits per heavy atom. The van der Waals surface area contributed by atoms with Crippen molar-refractivity contribution < 1.29 is 12.9 Å². The fraction of sp³-hybridized carbons (Fsp3) is 0.500. The van der Waals surface area contributed by atoms with E-state index in [1.165, 1.54) is 10.4 Å². The van der Waals surface area contributed by atoms with Crippen LogP contribution >= 0.6 is 0 Å². The van der Waals surface area contributed by atoms with E-state index in [1.807, 2.05) is 27.7 Å². The molecule has 0 saturated carbocycles. The highest BCUT2D eigenvalue weighted by atomic mass is 28.4. The van der Waals surface area contributed by atoms with E-state index in [-0.39, 0.29) is 0 Å². The number of hydrogen-bond acceptors (Lipinski definition) is 3. The van der Waals surface area contributed by atoms with E-state index in [9.17, 15) is 0 Å². The summed E-state index contributed by atoms with van der Waals surface area (Å²) in [6, 6.07) is 4.28. The first-order valence-corrected chi connectivity index (χ1v) is 13.2. The second-order valence-corrected chi connectivity index (χ2v) is 14.7. The Bertz CT molecular complexity index is 594. The lowest BCUT2D eigenvalue weighted by Crippen LogP contribution is -2.58. The molecule has 116 valence electrons. The summed E-state index contributed by atoms with van der Waals surface area (Å²) in [4.78, 5) is 0. The Balaban J connectivity index is 2.34. The molecule has 2 heterocycles. The summed E-state index contributed by atoms with van der Waals surface area (Å²) in [6.07, 6.45) is 0. The normalized spacial score (nSPS) is 13.0. The van der Waals surface area contributed by atoms with Crippen LogP contribution in [0.5, 0.6) is 0 Å². The number of rotatable bonds is 4. The molecular formula is C16H26O3Si2. The van der Waals surface area contributed by atoms with Gasteiger partial charge in [-0.2, -0.15) is 0 Å². The van der Waals surface area contributed by atoms with Gasteiger partial charge in [-0.1, -0.05) is 0 Å². The molecule has 3 nitrogen and oxygen atoms in total. The zero-order valence-corrected chi connectivity index (χ0v) is 16.4. The van der Waals surface area contributed by atoms with E-state index in [4.69, 9.17) is 12.9 Å². The fourth-order valence-corrected chi connectivity index (χ4v) is 12.1. The molecule has 0 spiro atoms. The predicted molar refractivity (Wildman–Crippen MR) is 91.7 cm³/mol.